The summed E-state index contributed by atoms with van der Waals surface area (Å²) in [5.74, 6) is -1.76. The van der Waals surface area contributed by atoms with E-state index in [0.29, 0.717) is 12.8 Å². The van der Waals surface area contributed by atoms with E-state index in [2.05, 4.69) is 62.5 Å². The van der Waals surface area contributed by atoms with Gasteiger partial charge in [-0.2, -0.15) is 0 Å². The minimum atomic E-state index is -1.13. The molecule has 0 bridgehead atoms. The number of hydrogen-bond donors (Lipinski definition) is 0. The van der Waals surface area contributed by atoms with Crippen molar-refractivity contribution in [2.75, 3.05) is 41.0 Å². The molecule has 0 N–H and O–H groups in total. The van der Waals surface area contributed by atoms with Crippen LogP contribution in [-0.4, -0.2) is 75.5 Å². The first-order chi connectivity index (χ1) is 28.6. The molecular formula is C51H91NO7. The first-order valence-corrected chi connectivity index (χ1v) is 24.2. The van der Waals surface area contributed by atoms with Gasteiger partial charge in [0.2, 0.25) is 0 Å². The fraction of sp³-hybridized carbons (Fsp3) is 0.784. The number of likely N-dealkylation sites (N-methyl/N-ethyl adjacent to an activating group) is 1. The van der Waals surface area contributed by atoms with Crippen molar-refractivity contribution in [1.82, 2.24) is 0 Å². The van der Waals surface area contributed by atoms with Crippen molar-refractivity contribution in [3.8, 4) is 0 Å². The van der Waals surface area contributed by atoms with E-state index in [-0.39, 0.29) is 42.7 Å². The topological polar surface area (TPSA) is 102 Å². The summed E-state index contributed by atoms with van der Waals surface area (Å²) in [4.78, 5) is 37.0. The number of ether oxygens (including phenoxy) is 3. The van der Waals surface area contributed by atoms with Gasteiger partial charge in [0, 0.05) is 19.3 Å². The maximum atomic E-state index is 12.8. The fourth-order valence-electron chi connectivity index (χ4n) is 6.90. The summed E-state index contributed by atoms with van der Waals surface area (Å²) in [6.07, 6.45) is 49.8. The van der Waals surface area contributed by atoms with E-state index in [1.165, 1.54) is 103 Å². The molecule has 0 saturated heterocycles. The van der Waals surface area contributed by atoms with Gasteiger partial charge in [0.1, 0.15) is 12.6 Å². The molecular weight excluding hydrogens is 739 g/mol. The van der Waals surface area contributed by atoms with Crippen LogP contribution < -0.4 is 5.11 Å². The molecule has 0 amide bonds. The Balaban J connectivity index is 4.32. The van der Waals surface area contributed by atoms with Crippen LogP contribution in [0.4, 0.5) is 0 Å². The highest BCUT2D eigenvalue weighted by atomic mass is 16.6. The van der Waals surface area contributed by atoms with Crippen molar-refractivity contribution in [2.45, 2.75) is 219 Å². The zero-order chi connectivity index (χ0) is 43.5. The van der Waals surface area contributed by atoms with Crippen molar-refractivity contribution in [1.29, 1.82) is 0 Å². The first-order valence-electron chi connectivity index (χ1n) is 24.2. The Morgan fingerprint density at radius 3 is 1.34 bits per heavy atom. The Morgan fingerprint density at radius 1 is 0.508 bits per heavy atom. The SMILES string of the molecule is CCCCC/C=C\C/C=C\CCCCCCCCCCCC(=O)OC(COCCC(C(=O)[O-])[N+](C)(C)C)COC(=O)CCCCCCC/C=C\C/C=C\CCCCCC. The van der Waals surface area contributed by atoms with Gasteiger partial charge in [-0.3, -0.25) is 9.59 Å². The van der Waals surface area contributed by atoms with Crippen LogP contribution in [0.2, 0.25) is 0 Å². The maximum absolute atomic E-state index is 12.8. The van der Waals surface area contributed by atoms with Crippen LogP contribution in [0.15, 0.2) is 48.6 Å². The van der Waals surface area contributed by atoms with Crippen molar-refractivity contribution in [2.24, 2.45) is 0 Å². The third-order valence-corrected chi connectivity index (χ3v) is 10.7. The van der Waals surface area contributed by atoms with Gasteiger partial charge < -0.3 is 28.6 Å². The minimum Gasteiger partial charge on any atom is -0.544 e. The van der Waals surface area contributed by atoms with Crippen LogP contribution in [0.3, 0.4) is 0 Å². The van der Waals surface area contributed by atoms with Crippen LogP contribution in [0.1, 0.15) is 206 Å². The van der Waals surface area contributed by atoms with E-state index in [1.54, 1.807) is 21.1 Å². The predicted molar refractivity (Wildman–Crippen MR) is 245 cm³/mol. The Labute approximate surface area is 363 Å². The van der Waals surface area contributed by atoms with E-state index < -0.39 is 18.1 Å². The van der Waals surface area contributed by atoms with Crippen molar-refractivity contribution < 1.29 is 38.2 Å². The Bertz CT molecular complexity index is 1110. The number of carboxylic acids is 1. The standard InChI is InChI=1S/C51H91NO7/c1-6-8-10-12-14-16-18-20-22-24-25-26-28-30-32-34-36-38-40-42-50(54)59-47(45-57-44-43-48(51(55)56)52(3,4)5)46-58-49(53)41-39-37-35-33-31-29-27-23-21-19-17-15-13-11-9-7-2/h14,16-17,19-20,22-23,27,47-48H,6-13,15,18,21,24-26,28-46H2,1-5H3/b16-14-,19-17-,22-20-,27-23-. The number of unbranched alkanes of at least 4 members (excludes halogenated alkanes) is 21. The van der Waals surface area contributed by atoms with Gasteiger partial charge in [-0.25, -0.2) is 0 Å². The van der Waals surface area contributed by atoms with E-state index in [4.69, 9.17) is 14.2 Å². The molecule has 0 fully saturated rings. The smallest absolute Gasteiger partial charge is 0.306 e. The molecule has 342 valence electrons. The number of rotatable bonds is 43. The van der Waals surface area contributed by atoms with Crippen molar-refractivity contribution in [3.05, 3.63) is 48.6 Å². The predicted octanol–water partition coefficient (Wildman–Crippen LogP) is 12.3. The first kappa shape index (κ1) is 56.3. The fourth-order valence-corrected chi connectivity index (χ4v) is 6.90. The van der Waals surface area contributed by atoms with Crippen LogP contribution in [0.25, 0.3) is 0 Å². The molecule has 0 aliphatic heterocycles. The Morgan fingerprint density at radius 2 is 0.898 bits per heavy atom. The lowest BCUT2D eigenvalue weighted by Crippen LogP contribution is -2.55. The number of carbonyl (C=O) groups excluding carboxylic acids is 3. The minimum absolute atomic E-state index is 0.0343. The van der Waals surface area contributed by atoms with Gasteiger partial charge >= 0.3 is 11.9 Å². The number of hydrogen-bond acceptors (Lipinski definition) is 7. The number of esters is 2. The molecule has 2 unspecified atom stereocenters. The molecule has 8 nitrogen and oxygen atoms in total. The normalized spacial score (nSPS) is 13.3. The highest BCUT2D eigenvalue weighted by Crippen LogP contribution is 2.14. The third-order valence-electron chi connectivity index (χ3n) is 10.7. The van der Waals surface area contributed by atoms with Gasteiger partial charge in [0.15, 0.2) is 6.10 Å². The number of allylic oxidation sites excluding steroid dienone is 8. The highest BCUT2D eigenvalue weighted by Gasteiger charge is 2.25. The molecule has 0 rings (SSSR count). The van der Waals surface area contributed by atoms with Crippen molar-refractivity contribution >= 4 is 17.9 Å². The summed E-state index contributed by atoms with van der Waals surface area (Å²) < 4.78 is 17.2. The molecule has 8 heteroatoms. The molecule has 0 radical (unpaired) electrons. The van der Waals surface area contributed by atoms with Crippen LogP contribution in [0.5, 0.6) is 0 Å². The van der Waals surface area contributed by atoms with Gasteiger partial charge in [0.05, 0.1) is 40.3 Å². The largest absolute Gasteiger partial charge is 0.544 e. The lowest BCUT2D eigenvalue weighted by molar-refractivity contribution is -0.889. The second kappa shape index (κ2) is 42.0. The molecule has 59 heavy (non-hydrogen) atoms. The Kier molecular flexibility index (Phi) is 40.1. The molecule has 0 spiro atoms. The maximum Gasteiger partial charge on any atom is 0.306 e. The summed E-state index contributed by atoms with van der Waals surface area (Å²) in [7, 11) is 5.41. The zero-order valence-electron chi connectivity index (χ0n) is 38.9. The second-order valence-electron chi connectivity index (χ2n) is 17.3. The second-order valence-corrected chi connectivity index (χ2v) is 17.3. The van der Waals surface area contributed by atoms with E-state index in [0.717, 1.165) is 70.6 Å². The summed E-state index contributed by atoms with van der Waals surface area (Å²) in [5.41, 5.74) is 0. The molecule has 0 aromatic carbocycles. The molecule has 0 aliphatic carbocycles. The number of nitrogens with zero attached hydrogens (tertiary/aromatic N) is 1. The van der Waals surface area contributed by atoms with E-state index in [1.807, 2.05) is 0 Å². The zero-order valence-corrected chi connectivity index (χ0v) is 38.9. The quantitative estimate of drug-likeness (QED) is 0.0261. The molecule has 2 atom stereocenters. The Hall–Kier alpha value is -2.71. The summed E-state index contributed by atoms with van der Waals surface area (Å²) >= 11 is 0. The number of aliphatic carboxylic acids is 1. The van der Waals surface area contributed by atoms with E-state index in [9.17, 15) is 19.5 Å². The summed E-state index contributed by atoms with van der Waals surface area (Å²) in [5, 5.41) is 11.6. The van der Waals surface area contributed by atoms with Gasteiger partial charge in [0.25, 0.3) is 0 Å². The molecule has 0 aromatic rings. The highest BCUT2D eigenvalue weighted by molar-refractivity contribution is 5.70. The van der Waals surface area contributed by atoms with Crippen LogP contribution in [-0.2, 0) is 28.6 Å². The lowest BCUT2D eigenvalue weighted by Gasteiger charge is -2.34. The van der Waals surface area contributed by atoms with Gasteiger partial charge in [-0.05, 0) is 77.0 Å². The van der Waals surface area contributed by atoms with Crippen molar-refractivity contribution in [3.63, 3.8) is 0 Å². The van der Waals surface area contributed by atoms with Crippen LogP contribution >= 0.6 is 0 Å². The summed E-state index contributed by atoms with van der Waals surface area (Å²) in [6, 6.07) is -0.729. The lowest BCUT2D eigenvalue weighted by atomic mass is 10.1. The monoisotopic (exact) mass is 830 g/mol. The average Bonchev–Trinajstić information content (AvgIpc) is 3.19. The molecule has 0 aromatic heterocycles. The van der Waals surface area contributed by atoms with Crippen LogP contribution in [0, 0.1) is 0 Å². The van der Waals surface area contributed by atoms with Gasteiger partial charge in [-0.1, -0.05) is 159 Å². The molecule has 0 heterocycles. The number of carbonyl (C=O) groups is 3. The average molecular weight is 830 g/mol. The summed E-state index contributed by atoms with van der Waals surface area (Å²) in [6.45, 7) is 4.61. The molecule has 0 aliphatic rings. The molecule has 0 saturated carbocycles. The van der Waals surface area contributed by atoms with Gasteiger partial charge in [-0.15, -0.1) is 0 Å². The third kappa shape index (κ3) is 40.5. The van der Waals surface area contributed by atoms with E-state index >= 15 is 0 Å². The number of carboxylic acid groups (broad SMARTS) is 1. The number of quaternary nitrogens is 1.